The van der Waals surface area contributed by atoms with Crippen molar-refractivity contribution < 1.29 is 0 Å². The van der Waals surface area contributed by atoms with E-state index >= 15 is 0 Å². The summed E-state index contributed by atoms with van der Waals surface area (Å²) in [7, 11) is 0. The number of aromatic nitrogens is 3. The van der Waals surface area contributed by atoms with Gasteiger partial charge in [0.05, 0.1) is 0 Å². The number of nitrogens with zero attached hydrogens (tertiary/aromatic N) is 1. The molecule has 0 amide bonds. The Hall–Kier alpha value is -2.60. The minimum absolute atomic E-state index is 0.240. The molecule has 0 spiro atoms. The van der Waals surface area contributed by atoms with Crippen LogP contribution in [-0.2, 0) is 0 Å². The molecule has 0 bridgehead atoms. The molecule has 6 heteroatoms. The van der Waals surface area contributed by atoms with Crippen molar-refractivity contribution in [3.63, 3.8) is 0 Å². The molecule has 0 aliphatic heterocycles. The number of rotatable bonds is 2. The number of benzene rings is 1. The zero-order chi connectivity index (χ0) is 12.5. The standard InChI is InChI=1S/C12H11N5O/c13-17-12-15-9-8(7-4-2-1-3-5-7)6-14-10(9)11(18)16-12/h1-6,14H,13H2,(H2,15,16,17,18). The van der Waals surface area contributed by atoms with Gasteiger partial charge in [-0.3, -0.25) is 15.2 Å². The van der Waals surface area contributed by atoms with Gasteiger partial charge < -0.3 is 4.98 Å². The van der Waals surface area contributed by atoms with E-state index in [4.69, 9.17) is 5.84 Å². The number of fused-ring (bicyclic) bond motifs is 1. The molecule has 0 unspecified atom stereocenters. The molecule has 1 aromatic carbocycles. The topological polar surface area (TPSA) is 99.6 Å². The molecule has 3 rings (SSSR count). The van der Waals surface area contributed by atoms with Gasteiger partial charge in [-0.1, -0.05) is 30.3 Å². The zero-order valence-corrected chi connectivity index (χ0v) is 9.40. The van der Waals surface area contributed by atoms with Gasteiger partial charge in [0.1, 0.15) is 11.0 Å². The zero-order valence-electron chi connectivity index (χ0n) is 9.40. The van der Waals surface area contributed by atoms with Gasteiger partial charge in [-0.2, -0.15) is 0 Å². The van der Waals surface area contributed by atoms with E-state index in [0.717, 1.165) is 11.1 Å². The summed E-state index contributed by atoms with van der Waals surface area (Å²) in [6, 6.07) is 9.72. The maximum absolute atomic E-state index is 11.8. The Balaban J connectivity index is 2.32. The monoisotopic (exact) mass is 241 g/mol. The summed E-state index contributed by atoms with van der Waals surface area (Å²) in [6.07, 6.45) is 1.77. The number of hydrogen-bond donors (Lipinski definition) is 4. The quantitative estimate of drug-likeness (QED) is 0.400. The summed E-state index contributed by atoms with van der Waals surface area (Å²) in [5.41, 5.74) is 4.99. The van der Waals surface area contributed by atoms with Crippen molar-refractivity contribution in [2.24, 2.45) is 5.84 Å². The van der Waals surface area contributed by atoms with Crippen molar-refractivity contribution in [3.05, 3.63) is 46.9 Å². The van der Waals surface area contributed by atoms with Crippen LogP contribution in [0.1, 0.15) is 0 Å². The van der Waals surface area contributed by atoms with Crippen molar-refractivity contribution in [2.45, 2.75) is 0 Å². The molecular formula is C12H11N5O. The predicted octanol–water partition coefficient (Wildman–Crippen LogP) is 1.20. The molecule has 2 heterocycles. The number of nitrogens with one attached hydrogen (secondary N) is 3. The number of nitrogens with two attached hydrogens (primary N) is 1. The molecule has 0 aliphatic carbocycles. The van der Waals surface area contributed by atoms with Crippen LogP contribution in [0.25, 0.3) is 22.2 Å². The summed E-state index contributed by atoms with van der Waals surface area (Å²) in [6.45, 7) is 0. The lowest BCUT2D eigenvalue weighted by atomic mass is 10.1. The fourth-order valence-corrected chi connectivity index (χ4v) is 1.92. The van der Waals surface area contributed by atoms with E-state index in [1.165, 1.54) is 0 Å². The van der Waals surface area contributed by atoms with E-state index in [0.29, 0.717) is 11.0 Å². The van der Waals surface area contributed by atoms with Gasteiger partial charge in [-0.25, -0.2) is 10.8 Å². The molecule has 0 saturated carbocycles. The molecule has 6 nitrogen and oxygen atoms in total. The van der Waals surface area contributed by atoms with Crippen LogP contribution in [0.2, 0.25) is 0 Å². The first-order valence-corrected chi connectivity index (χ1v) is 5.43. The van der Waals surface area contributed by atoms with Crippen molar-refractivity contribution >= 4 is 17.0 Å². The SMILES string of the molecule is NNc1nc2c(-c3ccccc3)c[nH]c2c(=O)[nH]1. The van der Waals surface area contributed by atoms with Crippen LogP contribution in [-0.4, -0.2) is 15.0 Å². The van der Waals surface area contributed by atoms with E-state index in [-0.39, 0.29) is 11.5 Å². The normalized spacial score (nSPS) is 10.7. The van der Waals surface area contributed by atoms with Crippen molar-refractivity contribution in [1.82, 2.24) is 15.0 Å². The number of H-pyrrole nitrogens is 2. The number of aromatic amines is 2. The highest BCUT2D eigenvalue weighted by Crippen LogP contribution is 2.25. The fourth-order valence-electron chi connectivity index (χ4n) is 1.92. The molecule has 0 radical (unpaired) electrons. The smallest absolute Gasteiger partial charge is 0.276 e. The Bertz CT molecular complexity index is 744. The lowest BCUT2D eigenvalue weighted by molar-refractivity contribution is 1.12. The first-order valence-electron chi connectivity index (χ1n) is 5.43. The predicted molar refractivity (Wildman–Crippen MR) is 70.0 cm³/mol. The largest absolute Gasteiger partial charge is 0.355 e. The molecule has 5 N–H and O–H groups in total. The van der Waals surface area contributed by atoms with Crippen LogP contribution in [0.15, 0.2) is 41.3 Å². The minimum atomic E-state index is -0.255. The van der Waals surface area contributed by atoms with Gasteiger partial charge in [0, 0.05) is 11.8 Å². The second-order valence-electron chi connectivity index (χ2n) is 3.85. The number of nitrogen functional groups attached to an aromatic ring is 1. The Morgan fingerprint density at radius 3 is 2.72 bits per heavy atom. The minimum Gasteiger partial charge on any atom is -0.355 e. The van der Waals surface area contributed by atoms with Crippen molar-refractivity contribution in [1.29, 1.82) is 0 Å². The first kappa shape index (κ1) is 10.5. The van der Waals surface area contributed by atoms with Gasteiger partial charge in [-0.15, -0.1) is 0 Å². The van der Waals surface area contributed by atoms with Crippen LogP contribution in [0.4, 0.5) is 5.95 Å². The van der Waals surface area contributed by atoms with Gasteiger partial charge in [0.25, 0.3) is 5.56 Å². The molecule has 90 valence electrons. The summed E-state index contributed by atoms with van der Waals surface area (Å²) < 4.78 is 0. The molecule has 2 aromatic heterocycles. The first-order chi connectivity index (χ1) is 8.79. The molecule has 0 fully saturated rings. The summed E-state index contributed by atoms with van der Waals surface area (Å²) in [4.78, 5) is 21.5. The number of hydrazine groups is 1. The van der Waals surface area contributed by atoms with E-state index in [1.54, 1.807) is 6.20 Å². The highest BCUT2D eigenvalue weighted by molar-refractivity contribution is 5.92. The number of anilines is 1. The van der Waals surface area contributed by atoms with Gasteiger partial charge in [0.2, 0.25) is 5.95 Å². The molecule has 3 aromatic rings. The Morgan fingerprint density at radius 2 is 2.00 bits per heavy atom. The van der Waals surface area contributed by atoms with Crippen LogP contribution >= 0.6 is 0 Å². The Kier molecular flexibility index (Phi) is 2.35. The van der Waals surface area contributed by atoms with E-state index in [2.05, 4.69) is 20.4 Å². The van der Waals surface area contributed by atoms with Crippen LogP contribution in [0, 0.1) is 0 Å². The van der Waals surface area contributed by atoms with Crippen LogP contribution in [0.5, 0.6) is 0 Å². The average Bonchev–Trinajstić information content (AvgIpc) is 2.84. The third kappa shape index (κ3) is 1.56. The maximum Gasteiger partial charge on any atom is 0.276 e. The summed E-state index contributed by atoms with van der Waals surface area (Å²) in [5, 5.41) is 0. The second-order valence-corrected chi connectivity index (χ2v) is 3.85. The fraction of sp³-hybridized carbons (Fsp3) is 0. The van der Waals surface area contributed by atoms with Crippen molar-refractivity contribution in [3.8, 4) is 11.1 Å². The Labute approximate surface area is 102 Å². The molecule has 18 heavy (non-hydrogen) atoms. The Morgan fingerprint density at radius 1 is 1.22 bits per heavy atom. The highest BCUT2D eigenvalue weighted by atomic mass is 16.1. The average molecular weight is 241 g/mol. The number of hydrogen-bond acceptors (Lipinski definition) is 4. The molecular weight excluding hydrogens is 230 g/mol. The van der Waals surface area contributed by atoms with E-state index in [9.17, 15) is 4.79 Å². The molecule has 0 saturated heterocycles. The van der Waals surface area contributed by atoms with E-state index in [1.807, 2.05) is 30.3 Å². The second kappa shape index (κ2) is 4.01. The third-order valence-corrected chi connectivity index (χ3v) is 2.76. The lowest BCUT2D eigenvalue weighted by Crippen LogP contribution is -2.16. The van der Waals surface area contributed by atoms with Crippen LogP contribution in [0.3, 0.4) is 0 Å². The summed E-state index contributed by atoms with van der Waals surface area (Å²) >= 11 is 0. The molecule has 0 atom stereocenters. The third-order valence-electron chi connectivity index (χ3n) is 2.76. The van der Waals surface area contributed by atoms with E-state index < -0.39 is 0 Å². The van der Waals surface area contributed by atoms with Gasteiger partial charge in [-0.05, 0) is 5.56 Å². The van der Waals surface area contributed by atoms with Crippen molar-refractivity contribution in [2.75, 3.05) is 5.43 Å². The summed E-state index contributed by atoms with van der Waals surface area (Å²) in [5.74, 6) is 5.51. The van der Waals surface area contributed by atoms with Crippen LogP contribution < -0.4 is 16.8 Å². The lowest BCUT2D eigenvalue weighted by Gasteiger charge is -2.01. The van der Waals surface area contributed by atoms with Gasteiger partial charge in [0.15, 0.2) is 0 Å². The maximum atomic E-state index is 11.8. The van der Waals surface area contributed by atoms with Gasteiger partial charge >= 0.3 is 0 Å². The molecule has 0 aliphatic rings. The highest BCUT2D eigenvalue weighted by Gasteiger charge is 2.11.